The number of unbranched alkanes of at least 4 members (excludes halogenated alkanes) is 6. The molecule has 20 heavy (non-hydrogen) atoms. The van der Waals surface area contributed by atoms with Gasteiger partial charge in [-0.3, -0.25) is 9.59 Å². The van der Waals surface area contributed by atoms with Gasteiger partial charge in [0.2, 0.25) is 0 Å². The molecule has 2 heteroatoms. The molecule has 0 heterocycles. The predicted octanol–water partition coefficient (Wildman–Crippen LogP) is 4.95. The average molecular weight is 276 g/mol. The number of hydrogen-bond acceptors (Lipinski definition) is 2. The van der Waals surface area contributed by atoms with Gasteiger partial charge in [0.15, 0.2) is 12.1 Å². The van der Waals surface area contributed by atoms with Crippen molar-refractivity contribution < 1.29 is 9.59 Å². The molecule has 0 aromatic carbocycles. The molecule has 2 nitrogen and oxygen atoms in total. The van der Waals surface area contributed by atoms with Gasteiger partial charge in [-0.05, 0) is 37.8 Å². The van der Waals surface area contributed by atoms with E-state index in [9.17, 15) is 9.59 Å². The van der Waals surface area contributed by atoms with E-state index in [4.69, 9.17) is 0 Å². The summed E-state index contributed by atoms with van der Waals surface area (Å²) in [5, 5.41) is 0. The van der Waals surface area contributed by atoms with E-state index in [1.54, 1.807) is 6.08 Å². The van der Waals surface area contributed by atoms with Gasteiger partial charge in [-0.15, -0.1) is 0 Å². The van der Waals surface area contributed by atoms with Crippen molar-refractivity contribution in [3.8, 4) is 0 Å². The molecule has 0 radical (unpaired) electrons. The Morgan fingerprint density at radius 1 is 0.900 bits per heavy atom. The Bertz CT molecular complexity index is 348. The van der Waals surface area contributed by atoms with Crippen LogP contribution in [0.4, 0.5) is 0 Å². The number of rotatable bonds is 12. The summed E-state index contributed by atoms with van der Waals surface area (Å²) in [5.74, 6) is -0.199. The van der Waals surface area contributed by atoms with E-state index in [0.29, 0.717) is 6.29 Å². The Labute approximate surface area is 123 Å². The molecule has 0 unspecified atom stereocenters. The molecule has 0 fully saturated rings. The summed E-state index contributed by atoms with van der Waals surface area (Å²) in [6, 6.07) is 0. The fraction of sp³-hybridized carbons (Fsp3) is 0.556. The topological polar surface area (TPSA) is 34.1 Å². The first-order chi connectivity index (χ1) is 9.76. The molecular formula is C18H28O2. The monoisotopic (exact) mass is 276 g/mol. The van der Waals surface area contributed by atoms with E-state index in [1.165, 1.54) is 31.8 Å². The van der Waals surface area contributed by atoms with Gasteiger partial charge in [-0.25, -0.2) is 0 Å². The van der Waals surface area contributed by atoms with Crippen molar-refractivity contribution in [2.75, 3.05) is 0 Å². The number of carbonyl (C=O) groups excluding carboxylic acids is 2. The van der Waals surface area contributed by atoms with Crippen LogP contribution in [-0.4, -0.2) is 12.1 Å². The van der Waals surface area contributed by atoms with Gasteiger partial charge >= 0.3 is 0 Å². The SMILES string of the molecule is CCCCCC=CC=C(C=O)C(=O)C=CCCCCC. The third kappa shape index (κ3) is 10.5. The highest BCUT2D eigenvalue weighted by atomic mass is 16.1. The highest BCUT2D eigenvalue weighted by Gasteiger charge is 2.02. The largest absolute Gasteiger partial charge is 0.298 e. The zero-order chi connectivity index (χ0) is 15.1. The molecule has 0 aromatic heterocycles. The third-order valence-corrected chi connectivity index (χ3v) is 3.04. The van der Waals surface area contributed by atoms with Crippen LogP contribution in [0.2, 0.25) is 0 Å². The molecule has 0 aliphatic rings. The maximum atomic E-state index is 11.8. The Morgan fingerprint density at radius 3 is 2.05 bits per heavy atom. The number of ketones is 1. The van der Waals surface area contributed by atoms with Crippen LogP contribution in [0.3, 0.4) is 0 Å². The van der Waals surface area contributed by atoms with Crippen molar-refractivity contribution in [1.29, 1.82) is 0 Å². The Morgan fingerprint density at radius 2 is 1.50 bits per heavy atom. The summed E-state index contributed by atoms with van der Waals surface area (Å²) in [5.41, 5.74) is 0.225. The van der Waals surface area contributed by atoms with Crippen LogP contribution in [0, 0.1) is 0 Å². The van der Waals surface area contributed by atoms with Crippen LogP contribution in [0.1, 0.15) is 65.2 Å². The van der Waals surface area contributed by atoms with Gasteiger partial charge in [0, 0.05) is 0 Å². The predicted molar refractivity (Wildman–Crippen MR) is 85.7 cm³/mol. The lowest BCUT2D eigenvalue weighted by molar-refractivity contribution is -0.114. The molecule has 0 aliphatic carbocycles. The molecular weight excluding hydrogens is 248 g/mol. The molecule has 0 amide bonds. The highest BCUT2D eigenvalue weighted by Crippen LogP contribution is 2.03. The molecule has 0 aliphatic heterocycles. The number of allylic oxidation sites excluding steroid dienone is 6. The van der Waals surface area contributed by atoms with E-state index >= 15 is 0 Å². The molecule has 0 spiro atoms. The van der Waals surface area contributed by atoms with Gasteiger partial charge < -0.3 is 0 Å². The average Bonchev–Trinajstić information content (AvgIpc) is 2.46. The summed E-state index contributed by atoms with van der Waals surface area (Å²) in [7, 11) is 0. The molecule has 0 saturated heterocycles. The quantitative estimate of drug-likeness (QED) is 0.126. The lowest BCUT2D eigenvalue weighted by Gasteiger charge is -1.94. The Hall–Kier alpha value is -1.44. The summed E-state index contributed by atoms with van der Waals surface area (Å²) in [4.78, 5) is 22.6. The number of aldehydes is 1. The lowest BCUT2D eigenvalue weighted by atomic mass is 10.1. The Balaban J connectivity index is 4.15. The summed E-state index contributed by atoms with van der Waals surface area (Å²) in [6.45, 7) is 4.31. The van der Waals surface area contributed by atoms with Crippen molar-refractivity contribution in [1.82, 2.24) is 0 Å². The lowest BCUT2D eigenvalue weighted by Crippen LogP contribution is -1.99. The minimum Gasteiger partial charge on any atom is -0.298 e. The van der Waals surface area contributed by atoms with Crippen LogP contribution in [0.15, 0.2) is 36.0 Å². The van der Waals surface area contributed by atoms with E-state index in [0.717, 1.165) is 25.7 Å². The van der Waals surface area contributed by atoms with E-state index in [2.05, 4.69) is 13.8 Å². The molecule has 0 aromatic rings. The summed E-state index contributed by atoms with van der Waals surface area (Å²) in [6.07, 6.45) is 18.3. The first-order valence-corrected chi connectivity index (χ1v) is 7.79. The number of hydrogen-bond donors (Lipinski definition) is 0. The first-order valence-electron chi connectivity index (χ1n) is 7.79. The highest BCUT2D eigenvalue weighted by molar-refractivity contribution is 6.17. The van der Waals surface area contributed by atoms with Crippen molar-refractivity contribution in [2.24, 2.45) is 0 Å². The minimum atomic E-state index is -0.199. The van der Waals surface area contributed by atoms with Gasteiger partial charge in [-0.1, -0.05) is 57.8 Å². The fourth-order valence-corrected chi connectivity index (χ4v) is 1.76. The minimum absolute atomic E-state index is 0.199. The van der Waals surface area contributed by atoms with Crippen LogP contribution in [0.25, 0.3) is 0 Å². The number of carbonyl (C=O) groups is 2. The molecule has 0 atom stereocenters. The Kier molecular flexibility index (Phi) is 13.0. The molecule has 0 bridgehead atoms. The molecule has 0 N–H and O–H groups in total. The van der Waals surface area contributed by atoms with Crippen molar-refractivity contribution in [2.45, 2.75) is 65.2 Å². The van der Waals surface area contributed by atoms with Gasteiger partial charge in [0.25, 0.3) is 0 Å². The van der Waals surface area contributed by atoms with Crippen LogP contribution >= 0.6 is 0 Å². The van der Waals surface area contributed by atoms with Gasteiger partial charge in [-0.2, -0.15) is 0 Å². The normalized spacial score (nSPS) is 12.4. The standard InChI is InChI=1S/C18H28O2/c1-3-5-7-9-11-12-14-17(16-19)18(20)15-13-10-8-6-4-2/h11-16H,3-10H2,1-2H3. The van der Waals surface area contributed by atoms with E-state index in [-0.39, 0.29) is 11.4 Å². The first kappa shape index (κ1) is 18.6. The van der Waals surface area contributed by atoms with E-state index < -0.39 is 0 Å². The summed E-state index contributed by atoms with van der Waals surface area (Å²) < 4.78 is 0. The van der Waals surface area contributed by atoms with E-state index in [1.807, 2.05) is 18.2 Å². The fourth-order valence-electron chi connectivity index (χ4n) is 1.76. The smallest absolute Gasteiger partial charge is 0.188 e. The van der Waals surface area contributed by atoms with Gasteiger partial charge in [0.05, 0.1) is 5.57 Å². The molecule has 0 saturated carbocycles. The summed E-state index contributed by atoms with van der Waals surface area (Å²) >= 11 is 0. The third-order valence-electron chi connectivity index (χ3n) is 3.04. The second-order valence-electron chi connectivity index (χ2n) is 4.93. The maximum Gasteiger partial charge on any atom is 0.188 e. The van der Waals surface area contributed by atoms with Crippen molar-refractivity contribution >= 4 is 12.1 Å². The second kappa shape index (κ2) is 14.0. The van der Waals surface area contributed by atoms with Crippen molar-refractivity contribution in [3.05, 3.63) is 36.0 Å². The van der Waals surface area contributed by atoms with Gasteiger partial charge in [0.1, 0.15) is 0 Å². The van der Waals surface area contributed by atoms with Crippen LogP contribution in [0.5, 0.6) is 0 Å². The molecule has 0 rings (SSSR count). The van der Waals surface area contributed by atoms with Crippen molar-refractivity contribution in [3.63, 3.8) is 0 Å². The zero-order valence-corrected chi connectivity index (χ0v) is 12.9. The second-order valence-corrected chi connectivity index (χ2v) is 4.93. The maximum absolute atomic E-state index is 11.8. The molecule has 112 valence electrons. The zero-order valence-electron chi connectivity index (χ0n) is 12.9. The van der Waals surface area contributed by atoms with Crippen LogP contribution < -0.4 is 0 Å². The van der Waals surface area contributed by atoms with Crippen LogP contribution in [-0.2, 0) is 9.59 Å².